The summed E-state index contributed by atoms with van der Waals surface area (Å²) in [5, 5.41) is 6.35. The summed E-state index contributed by atoms with van der Waals surface area (Å²) in [7, 11) is 0. The first-order chi connectivity index (χ1) is 16.4. The second kappa shape index (κ2) is 8.03. The van der Waals surface area contributed by atoms with Gasteiger partial charge in [-0.3, -0.25) is 0 Å². The Bertz CT molecular complexity index is 702. The third-order valence-corrected chi connectivity index (χ3v) is 11.0. The van der Waals surface area contributed by atoms with Crippen molar-refractivity contribution in [3.05, 3.63) is 0 Å². The normalized spacial score (nSPS) is 50.1. The average molecular weight is 471 g/mol. The molecule has 2 unspecified atom stereocenters. The van der Waals surface area contributed by atoms with E-state index in [1.54, 1.807) is 0 Å². The highest BCUT2D eigenvalue weighted by Gasteiger charge is 2.54. The van der Waals surface area contributed by atoms with Crippen LogP contribution in [0.2, 0.25) is 0 Å². The van der Waals surface area contributed by atoms with Crippen LogP contribution in [0.25, 0.3) is 0 Å². The van der Waals surface area contributed by atoms with Crippen molar-refractivity contribution < 1.29 is 19.1 Å². The average Bonchev–Trinajstić information content (AvgIpc) is 2.72. The summed E-state index contributed by atoms with van der Waals surface area (Å²) < 4.78 is 12.4. The predicted octanol–water partition coefficient (Wildman–Crippen LogP) is 5.69. The molecule has 0 saturated heterocycles. The Hall–Kier alpha value is -1.46. The Morgan fingerprint density at radius 2 is 0.824 bits per heavy atom. The number of alkyl carbamates (subject to hydrolysis) is 2. The lowest BCUT2D eigenvalue weighted by Crippen LogP contribution is -2.58. The highest BCUT2D eigenvalue weighted by atomic mass is 16.6. The first kappa shape index (κ1) is 21.8. The summed E-state index contributed by atoms with van der Waals surface area (Å²) in [5.74, 6) is 4.51. The summed E-state index contributed by atoms with van der Waals surface area (Å²) in [6, 6.07) is -0.141. The lowest BCUT2D eigenvalue weighted by molar-refractivity contribution is -0.129. The highest BCUT2D eigenvalue weighted by molar-refractivity contribution is 5.70. The first-order valence-corrected chi connectivity index (χ1v) is 14.4. The van der Waals surface area contributed by atoms with Crippen molar-refractivity contribution in [3.8, 4) is 0 Å². The molecule has 188 valence electrons. The van der Waals surface area contributed by atoms with Gasteiger partial charge in [0.15, 0.2) is 0 Å². The second-order valence-corrected chi connectivity index (χ2v) is 13.8. The molecule has 9 fully saturated rings. The van der Waals surface area contributed by atoms with Crippen LogP contribution >= 0.6 is 0 Å². The Morgan fingerprint density at radius 3 is 1.12 bits per heavy atom. The van der Waals surface area contributed by atoms with E-state index in [9.17, 15) is 9.59 Å². The predicted molar refractivity (Wildman–Crippen MR) is 127 cm³/mol. The monoisotopic (exact) mass is 470 g/mol. The van der Waals surface area contributed by atoms with Gasteiger partial charge in [0.05, 0.1) is 12.1 Å². The van der Waals surface area contributed by atoms with Crippen LogP contribution in [0.4, 0.5) is 9.59 Å². The van der Waals surface area contributed by atoms with Gasteiger partial charge in [0.25, 0.3) is 0 Å². The van der Waals surface area contributed by atoms with Crippen LogP contribution in [0.15, 0.2) is 0 Å². The summed E-state index contributed by atoms with van der Waals surface area (Å²) in [6.07, 6.45) is 17.7. The van der Waals surface area contributed by atoms with Crippen molar-refractivity contribution in [2.75, 3.05) is 0 Å². The van der Waals surface area contributed by atoms with E-state index >= 15 is 0 Å². The molecule has 0 aliphatic heterocycles. The van der Waals surface area contributed by atoms with Crippen LogP contribution < -0.4 is 10.6 Å². The van der Waals surface area contributed by atoms with Crippen LogP contribution in [-0.4, -0.2) is 35.5 Å². The molecular formula is C28H42N2O4. The molecule has 0 heterocycles. The fourth-order valence-corrected chi connectivity index (χ4v) is 10.5. The molecule has 0 aromatic rings. The van der Waals surface area contributed by atoms with E-state index < -0.39 is 0 Å². The summed E-state index contributed by atoms with van der Waals surface area (Å²) in [4.78, 5) is 26.1. The minimum Gasteiger partial charge on any atom is -0.443 e. The van der Waals surface area contributed by atoms with E-state index in [0.29, 0.717) is 0 Å². The maximum Gasteiger partial charge on any atom is 0.407 e. The third-order valence-electron chi connectivity index (χ3n) is 11.0. The summed E-state index contributed by atoms with van der Waals surface area (Å²) in [5.41, 5.74) is -0.457. The third kappa shape index (κ3) is 4.01. The molecular weight excluding hydrogens is 428 g/mol. The number of carbonyl (C=O) groups is 2. The molecule has 0 aromatic heterocycles. The van der Waals surface area contributed by atoms with E-state index in [-0.39, 0.29) is 35.5 Å². The molecule has 6 nitrogen and oxygen atoms in total. The summed E-state index contributed by atoms with van der Waals surface area (Å²) in [6.45, 7) is 0. The Kier molecular flexibility index (Phi) is 5.14. The molecule has 6 heteroatoms. The Morgan fingerprint density at radius 1 is 0.529 bits per heavy atom. The fourth-order valence-electron chi connectivity index (χ4n) is 10.5. The summed E-state index contributed by atoms with van der Waals surface area (Å²) >= 11 is 0. The van der Waals surface area contributed by atoms with Crippen molar-refractivity contribution in [1.29, 1.82) is 0 Å². The molecule has 2 atom stereocenters. The van der Waals surface area contributed by atoms with Gasteiger partial charge in [0.1, 0.15) is 11.2 Å². The molecule has 0 aromatic carbocycles. The van der Waals surface area contributed by atoms with E-state index in [2.05, 4.69) is 10.6 Å². The molecule has 9 rings (SSSR count). The van der Waals surface area contributed by atoms with Gasteiger partial charge in [-0.1, -0.05) is 12.8 Å². The van der Waals surface area contributed by atoms with E-state index in [1.807, 2.05) is 0 Å². The molecule has 8 bridgehead atoms. The highest BCUT2D eigenvalue weighted by Crippen LogP contribution is 2.58. The Labute approximate surface area is 203 Å². The molecule has 9 saturated carbocycles. The van der Waals surface area contributed by atoms with Crippen molar-refractivity contribution in [2.24, 2.45) is 35.5 Å². The van der Waals surface area contributed by atoms with Gasteiger partial charge in [-0.2, -0.15) is 0 Å². The zero-order valence-corrected chi connectivity index (χ0v) is 20.6. The van der Waals surface area contributed by atoms with Crippen LogP contribution in [0.1, 0.15) is 103 Å². The number of hydrogen-bond donors (Lipinski definition) is 2. The van der Waals surface area contributed by atoms with Gasteiger partial charge in [-0.15, -0.1) is 0 Å². The van der Waals surface area contributed by atoms with Crippen LogP contribution in [-0.2, 0) is 9.47 Å². The van der Waals surface area contributed by atoms with Gasteiger partial charge in [0, 0.05) is 0 Å². The second-order valence-electron chi connectivity index (χ2n) is 13.8. The molecule has 9 aliphatic carbocycles. The van der Waals surface area contributed by atoms with Crippen molar-refractivity contribution in [3.63, 3.8) is 0 Å². The number of rotatable bonds is 4. The van der Waals surface area contributed by atoms with Gasteiger partial charge in [0.2, 0.25) is 0 Å². The minimum atomic E-state index is -0.268. The number of carbonyl (C=O) groups excluding carboxylic acids is 2. The number of hydrogen-bond acceptors (Lipinski definition) is 4. The maximum absolute atomic E-state index is 13.0. The fraction of sp³-hybridized carbons (Fsp3) is 0.929. The maximum atomic E-state index is 13.0. The van der Waals surface area contributed by atoms with Crippen molar-refractivity contribution >= 4 is 12.2 Å². The van der Waals surface area contributed by atoms with Gasteiger partial charge in [-0.25, -0.2) is 9.59 Å². The zero-order valence-electron chi connectivity index (χ0n) is 20.6. The molecule has 2 amide bonds. The van der Waals surface area contributed by atoms with Crippen molar-refractivity contribution in [1.82, 2.24) is 10.6 Å². The van der Waals surface area contributed by atoms with Crippen LogP contribution in [0.3, 0.4) is 0 Å². The number of ether oxygens (including phenoxy) is 2. The van der Waals surface area contributed by atoms with Crippen molar-refractivity contribution in [2.45, 2.75) is 126 Å². The van der Waals surface area contributed by atoms with Crippen LogP contribution in [0.5, 0.6) is 0 Å². The van der Waals surface area contributed by atoms with E-state index in [4.69, 9.17) is 9.47 Å². The molecule has 0 radical (unpaired) electrons. The molecule has 9 aliphatic rings. The topological polar surface area (TPSA) is 76.7 Å². The Balaban J connectivity index is 0.961. The van der Waals surface area contributed by atoms with Crippen LogP contribution in [0, 0.1) is 35.5 Å². The van der Waals surface area contributed by atoms with E-state index in [1.165, 1.54) is 38.5 Å². The SMILES string of the molecule is O=C(NC1CCCCC1NC(=O)OC12CC3CC(CC(C3)C1)C2)OC12CC3CC(CC(C3)C1)C2. The molecule has 0 spiro atoms. The lowest BCUT2D eigenvalue weighted by atomic mass is 9.54. The van der Waals surface area contributed by atoms with Gasteiger partial charge in [-0.05, 0) is 125 Å². The zero-order chi connectivity index (χ0) is 22.9. The van der Waals surface area contributed by atoms with Gasteiger partial charge < -0.3 is 20.1 Å². The molecule has 2 N–H and O–H groups in total. The largest absolute Gasteiger partial charge is 0.443 e. The first-order valence-electron chi connectivity index (χ1n) is 14.4. The van der Waals surface area contributed by atoms with E-state index in [0.717, 1.165) is 99.7 Å². The smallest absolute Gasteiger partial charge is 0.407 e. The standard InChI is InChI=1S/C28H42N2O4/c31-25(33-27-11-17-5-18(12-27)7-19(6-17)13-27)29-23-3-1-2-4-24(23)30-26(32)34-28-14-20-8-21(15-28)10-22(9-20)16-28/h17-24H,1-16H2,(H,29,31)(H,30,32). The number of nitrogens with one attached hydrogen (secondary N) is 2. The minimum absolute atomic E-state index is 0.0703. The van der Waals surface area contributed by atoms with Gasteiger partial charge >= 0.3 is 12.2 Å². The molecule has 34 heavy (non-hydrogen) atoms. The number of amides is 2. The quantitative estimate of drug-likeness (QED) is 0.554. The lowest BCUT2D eigenvalue weighted by Gasteiger charge is -2.55.